The number of anilines is 1. The molecule has 0 aliphatic carbocycles. The van der Waals surface area contributed by atoms with Crippen LogP contribution >= 0.6 is 0 Å². The van der Waals surface area contributed by atoms with Gasteiger partial charge in [0, 0.05) is 18.7 Å². The molecule has 1 N–H and O–H groups in total. The van der Waals surface area contributed by atoms with Gasteiger partial charge in [-0.15, -0.1) is 0 Å². The number of fused-ring (bicyclic) bond motifs is 1. The van der Waals surface area contributed by atoms with Gasteiger partial charge in [0.2, 0.25) is 5.91 Å². The Bertz CT molecular complexity index is 1140. The normalized spacial score (nSPS) is 15.2. The van der Waals surface area contributed by atoms with Gasteiger partial charge in [0.15, 0.2) is 6.10 Å². The third kappa shape index (κ3) is 4.74. The van der Waals surface area contributed by atoms with E-state index in [0.29, 0.717) is 17.9 Å². The molecule has 1 heterocycles. The molecule has 3 aromatic carbocycles. The van der Waals surface area contributed by atoms with Crippen molar-refractivity contribution in [1.82, 2.24) is 5.43 Å². The summed E-state index contributed by atoms with van der Waals surface area (Å²) in [6.45, 7) is 4.28. The lowest BCUT2D eigenvalue weighted by atomic mass is 10.1. The highest BCUT2D eigenvalue weighted by Crippen LogP contribution is 2.22. The van der Waals surface area contributed by atoms with Crippen molar-refractivity contribution in [3.05, 3.63) is 72.3 Å². The van der Waals surface area contributed by atoms with E-state index in [2.05, 4.69) is 10.5 Å². The van der Waals surface area contributed by atoms with Crippen LogP contribution in [0.15, 0.2) is 71.8 Å². The van der Waals surface area contributed by atoms with Crippen molar-refractivity contribution >= 4 is 34.0 Å². The van der Waals surface area contributed by atoms with E-state index in [4.69, 9.17) is 4.74 Å². The fourth-order valence-corrected chi connectivity index (χ4v) is 3.60. The average Bonchev–Trinajstić information content (AvgIpc) is 3.23. The molecule has 6 heteroatoms. The molecule has 0 radical (unpaired) electrons. The lowest BCUT2D eigenvalue weighted by Crippen LogP contribution is -2.33. The molecule has 1 aliphatic heterocycles. The van der Waals surface area contributed by atoms with Gasteiger partial charge < -0.3 is 9.64 Å². The third-order valence-corrected chi connectivity index (χ3v) is 5.41. The lowest BCUT2D eigenvalue weighted by molar-refractivity contribution is -0.127. The van der Waals surface area contributed by atoms with Gasteiger partial charge >= 0.3 is 0 Å². The minimum Gasteiger partial charge on any atom is -0.481 e. The van der Waals surface area contributed by atoms with Gasteiger partial charge in [-0.2, -0.15) is 5.10 Å². The molecular formula is C25H25N3O3. The summed E-state index contributed by atoms with van der Waals surface area (Å²) in [6.07, 6.45) is 0.807. The van der Waals surface area contributed by atoms with Gasteiger partial charge in [0.25, 0.3) is 5.91 Å². The summed E-state index contributed by atoms with van der Waals surface area (Å²) in [6, 6.07) is 21.4. The summed E-state index contributed by atoms with van der Waals surface area (Å²) < 4.78 is 5.79. The predicted molar refractivity (Wildman–Crippen MR) is 122 cm³/mol. The second-order valence-corrected chi connectivity index (χ2v) is 7.64. The number of carbonyl (C=O) groups is 2. The molecule has 0 spiro atoms. The Labute approximate surface area is 181 Å². The van der Waals surface area contributed by atoms with Crippen LogP contribution in [0.1, 0.15) is 32.3 Å². The Hall–Kier alpha value is -3.67. The Morgan fingerprint density at radius 2 is 1.81 bits per heavy atom. The van der Waals surface area contributed by atoms with Crippen LogP contribution in [-0.4, -0.2) is 30.2 Å². The quantitative estimate of drug-likeness (QED) is 0.483. The first-order valence-corrected chi connectivity index (χ1v) is 10.4. The van der Waals surface area contributed by atoms with Crippen LogP contribution in [-0.2, 0) is 9.59 Å². The van der Waals surface area contributed by atoms with E-state index >= 15 is 0 Å². The van der Waals surface area contributed by atoms with Crippen LogP contribution in [0.3, 0.4) is 0 Å². The monoisotopic (exact) mass is 415 g/mol. The van der Waals surface area contributed by atoms with Crippen molar-refractivity contribution in [3.8, 4) is 5.75 Å². The van der Waals surface area contributed by atoms with Crippen LogP contribution in [0.25, 0.3) is 10.8 Å². The molecule has 158 valence electrons. The first-order valence-electron chi connectivity index (χ1n) is 10.4. The van der Waals surface area contributed by atoms with Crippen molar-refractivity contribution in [1.29, 1.82) is 0 Å². The summed E-state index contributed by atoms with van der Waals surface area (Å²) in [4.78, 5) is 26.1. The average molecular weight is 415 g/mol. The summed E-state index contributed by atoms with van der Waals surface area (Å²) in [7, 11) is 0. The van der Waals surface area contributed by atoms with Gasteiger partial charge in [0.05, 0.1) is 5.71 Å². The molecule has 3 aromatic rings. The highest BCUT2D eigenvalue weighted by molar-refractivity contribution is 6.00. The van der Waals surface area contributed by atoms with E-state index in [9.17, 15) is 9.59 Å². The van der Waals surface area contributed by atoms with E-state index in [-0.39, 0.29) is 11.8 Å². The Balaban J connectivity index is 1.36. The standard InChI is InChI=1S/C25H25N3O3/c1-17(19-9-12-22(13-10-19)28-15-5-8-24(28)29)26-27-25(30)18(2)31-23-14-11-20-6-3-4-7-21(20)16-23/h3-4,6-7,9-14,16,18H,5,8,15H2,1-2H3,(H,27,30)/b26-17-/t18-/m1/s1. The molecule has 0 unspecified atom stereocenters. The summed E-state index contributed by atoms with van der Waals surface area (Å²) in [5.74, 6) is 0.465. The SMILES string of the molecule is C/C(=N/NC(=O)[C@@H](C)Oc1ccc2ccccc2c1)c1ccc(N2CCCC2=O)cc1. The number of carbonyl (C=O) groups excluding carboxylic acids is 2. The van der Waals surface area contributed by atoms with Gasteiger partial charge in [0.1, 0.15) is 5.75 Å². The maximum atomic E-state index is 12.4. The number of ether oxygens (including phenoxy) is 1. The second-order valence-electron chi connectivity index (χ2n) is 7.64. The predicted octanol–water partition coefficient (Wildman–Crippen LogP) is 4.27. The van der Waals surface area contributed by atoms with Crippen molar-refractivity contribution in [2.24, 2.45) is 5.10 Å². The zero-order valence-corrected chi connectivity index (χ0v) is 17.7. The molecule has 0 bridgehead atoms. The van der Waals surface area contributed by atoms with E-state index in [1.54, 1.807) is 11.8 Å². The van der Waals surface area contributed by atoms with Crippen molar-refractivity contribution in [3.63, 3.8) is 0 Å². The second kappa shape index (κ2) is 9.00. The third-order valence-electron chi connectivity index (χ3n) is 5.41. The van der Waals surface area contributed by atoms with E-state index < -0.39 is 6.10 Å². The van der Waals surface area contributed by atoms with Crippen LogP contribution in [0.2, 0.25) is 0 Å². The first-order chi connectivity index (χ1) is 15.0. The van der Waals surface area contributed by atoms with Crippen LogP contribution in [0, 0.1) is 0 Å². The van der Waals surface area contributed by atoms with E-state index in [1.807, 2.05) is 73.7 Å². The number of amides is 2. The minimum atomic E-state index is -0.693. The largest absolute Gasteiger partial charge is 0.481 e. The number of benzene rings is 3. The van der Waals surface area contributed by atoms with E-state index in [1.165, 1.54) is 0 Å². The molecular weight excluding hydrogens is 390 g/mol. The molecule has 1 aliphatic rings. The fourth-order valence-electron chi connectivity index (χ4n) is 3.60. The zero-order valence-electron chi connectivity index (χ0n) is 17.7. The van der Waals surface area contributed by atoms with Gasteiger partial charge in [-0.1, -0.05) is 42.5 Å². The van der Waals surface area contributed by atoms with Crippen molar-refractivity contribution in [2.45, 2.75) is 32.8 Å². The van der Waals surface area contributed by atoms with Gasteiger partial charge in [-0.25, -0.2) is 5.43 Å². The summed E-state index contributed by atoms with van der Waals surface area (Å²) in [5, 5.41) is 6.38. The number of nitrogens with one attached hydrogen (secondary N) is 1. The minimum absolute atomic E-state index is 0.158. The summed E-state index contributed by atoms with van der Waals surface area (Å²) in [5.41, 5.74) is 5.01. The maximum absolute atomic E-state index is 12.4. The highest BCUT2D eigenvalue weighted by atomic mass is 16.5. The van der Waals surface area contributed by atoms with Crippen LogP contribution in [0.5, 0.6) is 5.75 Å². The molecule has 0 aromatic heterocycles. The lowest BCUT2D eigenvalue weighted by Gasteiger charge is -2.16. The Kier molecular flexibility index (Phi) is 5.98. The van der Waals surface area contributed by atoms with Gasteiger partial charge in [-0.05, 0) is 60.9 Å². The topological polar surface area (TPSA) is 71.0 Å². The number of nitrogens with zero attached hydrogens (tertiary/aromatic N) is 2. The number of rotatable bonds is 6. The van der Waals surface area contributed by atoms with Crippen LogP contribution < -0.4 is 15.1 Å². The fraction of sp³-hybridized carbons (Fsp3) is 0.240. The molecule has 1 saturated heterocycles. The molecule has 0 saturated carbocycles. The van der Waals surface area contributed by atoms with Gasteiger partial charge in [-0.3, -0.25) is 9.59 Å². The molecule has 1 atom stereocenters. The summed E-state index contributed by atoms with van der Waals surface area (Å²) >= 11 is 0. The van der Waals surface area contributed by atoms with Crippen LogP contribution in [0.4, 0.5) is 5.69 Å². The molecule has 1 fully saturated rings. The molecule has 4 rings (SSSR count). The van der Waals surface area contributed by atoms with E-state index in [0.717, 1.165) is 35.0 Å². The molecule has 2 amide bonds. The number of hydrogen-bond donors (Lipinski definition) is 1. The van der Waals surface area contributed by atoms with Crippen molar-refractivity contribution in [2.75, 3.05) is 11.4 Å². The first kappa shape index (κ1) is 20.6. The smallest absolute Gasteiger partial charge is 0.280 e. The maximum Gasteiger partial charge on any atom is 0.280 e. The highest BCUT2D eigenvalue weighted by Gasteiger charge is 2.21. The van der Waals surface area contributed by atoms with Crippen molar-refractivity contribution < 1.29 is 14.3 Å². The Morgan fingerprint density at radius 1 is 1.06 bits per heavy atom. The zero-order chi connectivity index (χ0) is 21.8. The number of hydrogen-bond acceptors (Lipinski definition) is 4. The molecule has 31 heavy (non-hydrogen) atoms. The number of hydrazone groups is 1. The molecule has 6 nitrogen and oxygen atoms in total. The Morgan fingerprint density at radius 3 is 2.52 bits per heavy atom.